The molecule has 2 aromatic rings. The molecule has 0 fully saturated rings. The Morgan fingerprint density at radius 1 is 0.923 bits per heavy atom. The molecule has 0 bridgehead atoms. The van der Waals surface area contributed by atoms with Gasteiger partial charge in [-0.05, 0) is 36.2 Å². The molecule has 140 valence electrons. The summed E-state index contributed by atoms with van der Waals surface area (Å²) in [5.74, 6) is 1.06. The smallest absolute Gasteiger partial charge is 0.159 e. The maximum atomic E-state index is 12.9. The quantitative estimate of drug-likeness (QED) is 0.464. The monoisotopic (exact) mass is 353 g/mol. The third-order valence-electron chi connectivity index (χ3n) is 4.63. The van der Waals surface area contributed by atoms with E-state index in [4.69, 9.17) is 4.74 Å². The largest absolute Gasteiger partial charge is 0.497 e. The van der Waals surface area contributed by atoms with Crippen LogP contribution < -0.4 is 10.1 Å². The second-order valence-corrected chi connectivity index (χ2v) is 6.70. The number of unbranched alkanes of at least 4 members (excludes halogenated alkanes) is 5. The Morgan fingerprint density at radius 3 is 2.23 bits per heavy atom. The molecule has 26 heavy (non-hydrogen) atoms. The topological polar surface area (TPSA) is 38.3 Å². The Bertz CT molecular complexity index is 637. The van der Waals surface area contributed by atoms with Gasteiger partial charge in [0.2, 0.25) is 0 Å². The van der Waals surface area contributed by atoms with Crippen LogP contribution in [0, 0.1) is 0 Å². The number of hydrogen-bond donors (Lipinski definition) is 1. The molecule has 0 amide bonds. The van der Waals surface area contributed by atoms with E-state index in [0.717, 1.165) is 29.8 Å². The zero-order chi connectivity index (χ0) is 18.6. The Kier molecular flexibility index (Phi) is 8.74. The Labute approximate surface area is 157 Å². The van der Waals surface area contributed by atoms with Crippen molar-refractivity contribution in [2.45, 2.75) is 57.9 Å². The van der Waals surface area contributed by atoms with Crippen LogP contribution in [0.1, 0.15) is 63.5 Å². The molecule has 0 aliphatic carbocycles. The highest BCUT2D eigenvalue weighted by Crippen LogP contribution is 2.24. The highest BCUT2D eigenvalue weighted by atomic mass is 16.5. The van der Waals surface area contributed by atoms with Crippen molar-refractivity contribution < 1.29 is 9.53 Å². The molecule has 0 radical (unpaired) electrons. The number of ether oxygens (including phenoxy) is 1. The van der Waals surface area contributed by atoms with Gasteiger partial charge in [-0.15, -0.1) is 0 Å². The molecule has 0 aliphatic heterocycles. The number of hydrogen-bond acceptors (Lipinski definition) is 3. The van der Waals surface area contributed by atoms with E-state index in [1.807, 2.05) is 54.6 Å². The Balaban J connectivity index is 1.98. The van der Waals surface area contributed by atoms with Crippen molar-refractivity contribution in [2.75, 3.05) is 12.4 Å². The minimum atomic E-state index is -0.305. The van der Waals surface area contributed by atoms with E-state index in [2.05, 4.69) is 12.2 Å². The second-order valence-electron chi connectivity index (χ2n) is 6.70. The van der Waals surface area contributed by atoms with E-state index in [1.54, 1.807) is 7.11 Å². The summed E-state index contributed by atoms with van der Waals surface area (Å²) in [5, 5.41) is 3.40. The molecular formula is C23H31NO2. The fourth-order valence-electron chi connectivity index (χ4n) is 3.07. The van der Waals surface area contributed by atoms with E-state index in [-0.39, 0.29) is 11.8 Å². The van der Waals surface area contributed by atoms with Gasteiger partial charge in [-0.3, -0.25) is 4.79 Å². The van der Waals surface area contributed by atoms with Crippen LogP contribution in [-0.2, 0) is 4.79 Å². The maximum absolute atomic E-state index is 12.9. The summed E-state index contributed by atoms with van der Waals surface area (Å²) < 4.78 is 5.20. The average Bonchev–Trinajstić information content (AvgIpc) is 2.69. The van der Waals surface area contributed by atoms with Crippen molar-refractivity contribution in [3.63, 3.8) is 0 Å². The van der Waals surface area contributed by atoms with Gasteiger partial charge < -0.3 is 10.1 Å². The second kappa shape index (κ2) is 11.3. The van der Waals surface area contributed by atoms with Crippen molar-refractivity contribution in [1.29, 1.82) is 0 Å². The SMILES string of the molecule is CCCCCCCCC(=O)C(Nc1ccc(OC)cc1)c1ccccc1. The molecule has 1 atom stereocenters. The predicted octanol–water partition coefficient (Wildman–Crippen LogP) is 6.17. The van der Waals surface area contributed by atoms with Gasteiger partial charge in [0.25, 0.3) is 0 Å². The molecule has 0 aliphatic rings. The van der Waals surface area contributed by atoms with Gasteiger partial charge >= 0.3 is 0 Å². The van der Waals surface area contributed by atoms with Gasteiger partial charge in [-0.2, -0.15) is 0 Å². The highest BCUT2D eigenvalue weighted by Gasteiger charge is 2.19. The van der Waals surface area contributed by atoms with Crippen molar-refractivity contribution in [1.82, 2.24) is 0 Å². The van der Waals surface area contributed by atoms with Crippen molar-refractivity contribution in [3.8, 4) is 5.75 Å². The summed E-state index contributed by atoms with van der Waals surface area (Å²) in [6.45, 7) is 2.22. The number of anilines is 1. The number of rotatable bonds is 12. The zero-order valence-corrected chi connectivity index (χ0v) is 16.0. The molecule has 3 nitrogen and oxygen atoms in total. The van der Waals surface area contributed by atoms with E-state index >= 15 is 0 Å². The van der Waals surface area contributed by atoms with Crippen LogP contribution in [0.2, 0.25) is 0 Å². The van der Waals surface area contributed by atoms with Crippen LogP contribution >= 0.6 is 0 Å². The minimum absolute atomic E-state index is 0.252. The first kappa shape index (κ1) is 20.0. The summed E-state index contributed by atoms with van der Waals surface area (Å²) >= 11 is 0. The number of Topliss-reactive ketones (excluding diaryl/α,β-unsaturated/α-hetero) is 1. The summed E-state index contributed by atoms with van der Waals surface area (Å²) in [6.07, 6.45) is 7.77. The number of ketones is 1. The van der Waals surface area contributed by atoms with E-state index < -0.39 is 0 Å². The lowest BCUT2D eigenvalue weighted by Gasteiger charge is -2.19. The lowest BCUT2D eigenvalue weighted by molar-refractivity contribution is -0.120. The summed E-state index contributed by atoms with van der Waals surface area (Å²) in [5.41, 5.74) is 1.94. The van der Waals surface area contributed by atoms with Gasteiger partial charge in [0.05, 0.1) is 7.11 Å². The van der Waals surface area contributed by atoms with E-state index in [0.29, 0.717) is 6.42 Å². The van der Waals surface area contributed by atoms with Crippen LogP contribution in [0.25, 0.3) is 0 Å². The lowest BCUT2D eigenvalue weighted by Crippen LogP contribution is -2.21. The molecule has 0 aromatic heterocycles. The standard InChI is InChI=1S/C23H31NO2/c1-3-4-5-6-7-11-14-22(25)23(19-12-9-8-10-13-19)24-20-15-17-21(26-2)18-16-20/h8-10,12-13,15-18,23-24H,3-7,11,14H2,1-2H3. The third kappa shape index (κ3) is 6.55. The normalized spacial score (nSPS) is 11.8. The first-order valence-corrected chi connectivity index (χ1v) is 9.73. The fourth-order valence-corrected chi connectivity index (χ4v) is 3.07. The molecule has 0 spiro atoms. The molecule has 3 heteroatoms. The first-order valence-electron chi connectivity index (χ1n) is 9.73. The molecule has 0 saturated heterocycles. The van der Waals surface area contributed by atoms with Crippen LogP contribution in [-0.4, -0.2) is 12.9 Å². The first-order chi connectivity index (χ1) is 12.7. The summed E-state index contributed by atoms with van der Waals surface area (Å²) in [4.78, 5) is 12.9. The molecule has 0 heterocycles. The fraction of sp³-hybridized carbons (Fsp3) is 0.435. The maximum Gasteiger partial charge on any atom is 0.159 e. The zero-order valence-electron chi connectivity index (χ0n) is 16.0. The highest BCUT2D eigenvalue weighted by molar-refractivity contribution is 5.88. The molecule has 0 saturated carbocycles. The van der Waals surface area contributed by atoms with E-state index in [1.165, 1.54) is 25.7 Å². The van der Waals surface area contributed by atoms with Gasteiger partial charge in [0.15, 0.2) is 5.78 Å². The van der Waals surface area contributed by atoms with Crippen molar-refractivity contribution in [2.24, 2.45) is 0 Å². The number of benzene rings is 2. The molecule has 2 aromatic carbocycles. The lowest BCUT2D eigenvalue weighted by atomic mass is 9.97. The summed E-state index contributed by atoms with van der Waals surface area (Å²) in [6, 6.07) is 17.4. The number of nitrogens with one attached hydrogen (secondary N) is 1. The Hall–Kier alpha value is -2.29. The van der Waals surface area contributed by atoms with E-state index in [9.17, 15) is 4.79 Å². The molecule has 1 N–H and O–H groups in total. The predicted molar refractivity (Wildman–Crippen MR) is 109 cm³/mol. The van der Waals surface area contributed by atoms with Crippen molar-refractivity contribution >= 4 is 11.5 Å². The van der Waals surface area contributed by atoms with Crippen molar-refractivity contribution in [3.05, 3.63) is 60.2 Å². The minimum Gasteiger partial charge on any atom is -0.497 e. The van der Waals surface area contributed by atoms with Crippen LogP contribution in [0.15, 0.2) is 54.6 Å². The Morgan fingerprint density at radius 2 is 1.58 bits per heavy atom. The van der Waals surface area contributed by atoms with Gasteiger partial charge in [0, 0.05) is 12.1 Å². The van der Waals surface area contributed by atoms with Crippen LogP contribution in [0.5, 0.6) is 5.75 Å². The molecule has 1 unspecified atom stereocenters. The third-order valence-corrected chi connectivity index (χ3v) is 4.63. The molecule has 2 rings (SSSR count). The number of carbonyl (C=O) groups is 1. The van der Waals surface area contributed by atoms with Gasteiger partial charge in [0.1, 0.15) is 11.8 Å². The number of carbonyl (C=O) groups excluding carboxylic acids is 1. The number of methoxy groups -OCH3 is 1. The van der Waals surface area contributed by atoms with Gasteiger partial charge in [-0.1, -0.05) is 69.4 Å². The van der Waals surface area contributed by atoms with Crippen LogP contribution in [0.4, 0.5) is 5.69 Å². The summed E-state index contributed by atoms with van der Waals surface area (Å²) in [7, 11) is 1.65. The average molecular weight is 354 g/mol. The van der Waals surface area contributed by atoms with Gasteiger partial charge in [-0.25, -0.2) is 0 Å². The molecular weight excluding hydrogens is 322 g/mol. The van der Waals surface area contributed by atoms with Crippen LogP contribution in [0.3, 0.4) is 0 Å².